The summed E-state index contributed by atoms with van der Waals surface area (Å²) in [6.07, 6.45) is 3.19. The molecule has 0 unspecified atom stereocenters. The Hall–Kier alpha value is -1.90. The SMILES string of the molecule is N=C([O-])C1=NN(c2ccc(S(=O)(=O)O)cc2)C(=O)/C1=C/C=C/c1c(C(=N)[O-])[nH]n(-c2ccc(S(=O)(=O)O)cc2)c1=O.[K+].[K+]. The Morgan fingerprint density at radius 1 is 0.837 bits per heavy atom. The van der Waals surface area contributed by atoms with Crippen LogP contribution in [0.3, 0.4) is 0 Å². The topological polar surface area (TPSA) is 273 Å². The normalized spacial score (nSPS) is 14.4. The number of hydrazone groups is 1. The number of amides is 1. The van der Waals surface area contributed by atoms with Crippen molar-refractivity contribution in [2.24, 2.45) is 5.10 Å². The standard InChI is InChI=1S/C23H18N6O10S2.2K/c24-20(30)18-16(22(32)28(26-18)12-4-8-14(9-5-12)40(34,35)36)2-1-3-17-19(21(25)31)27-29(23(17)33)13-6-10-15(11-7-13)41(37,38)39;;/h1-11,26H,(H2,24,30)(H2,25,31)(H,34,35,36)(H,37,38,39);;/q;2*+1/p-2/b2-1+,17-3+;;. The minimum atomic E-state index is -4.51. The fraction of sp³-hybridized carbons (Fsp3) is 0. The van der Waals surface area contributed by atoms with Crippen LogP contribution in [-0.2, 0) is 25.0 Å². The van der Waals surface area contributed by atoms with Crippen molar-refractivity contribution >= 4 is 55.4 Å². The van der Waals surface area contributed by atoms with Crippen LogP contribution in [0.15, 0.2) is 85.9 Å². The van der Waals surface area contributed by atoms with Crippen LogP contribution in [0.4, 0.5) is 5.69 Å². The molecule has 0 radical (unpaired) electrons. The maximum Gasteiger partial charge on any atom is 1.00 e. The van der Waals surface area contributed by atoms with E-state index in [1.807, 2.05) is 0 Å². The Morgan fingerprint density at radius 2 is 1.33 bits per heavy atom. The molecular formula is C23H16K2N6O10S2. The average Bonchev–Trinajstić information content (AvgIpc) is 3.40. The molecule has 0 saturated carbocycles. The number of carbonyl (C=O) groups is 1. The van der Waals surface area contributed by atoms with E-state index >= 15 is 0 Å². The molecule has 212 valence electrons. The van der Waals surface area contributed by atoms with Gasteiger partial charge in [-0.15, -0.1) is 0 Å². The van der Waals surface area contributed by atoms with Gasteiger partial charge >= 0.3 is 103 Å². The molecule has 1 amide bonds. The number of benzene rings is 2. The zero-order chi connectivity index (χ0) is 30.3. The molecular weight excluding hydrogens is 663 g/mol. The van der Waals surface area contributed by atoms with Crippen LogP contribution in [0.25, 0.3) is 11.8 Å². The number of H-pyrrole nitrogens is 1. The molecule has 2 heterocycles. The zero-order valence-corrected chi connectivity index (χ0v) is 30.0. The fourth-order valence-corrected chi connectivity index (χ4v) is 4.59. The molecule has 0 saturated heterocycles. The number of nitrogens with one attached hydrogen (secondary N) is 3. The van der Waals surface area contributed by atoms with E-state index in [4.69, 9.17) is 19.9 Å². The average molecular weight is 679 g/mol. The first-order valence-corrected chi connectivity index (χ1v) is 13.8. The first-order chi connectivity index (χ1) is 19.1. The Labute approximate surface area is 328 Å². The molecule has 20 heteroatoms. The van der Waals surface area contributed by atoms with Gasteiger partial charge < -0.3 is 21.0 Å². The summed E-state index contributed by atoms with van der Waals surface area (Å²) in [5.41, 5.74) is -2.55. The molecule has 1 aliphatic heterocycles. The summed E-state index contributed by atoms with van der Waals surface area (Å²) < 4.78 is 64.1. The minimum Gasteiger partial charge on any atom is -0.858 e. The van der Waals surface area contributed by atoms with Gasteiger partial charge in [-0.05, 0) is 60.7 Å². The quantitative estimate of drug-likeness (QED) is 0.0494. The van der Waals surface area contributed by atoms with E-state index in [0.29, 0.717) is 5.01 Å². The van der Waals surface area contributed by atoms with Crippen molar-refractivity contribution in [1.82, 2.24) is 9.78 Å². The van der Waals surface area contributed by atoms with Gasteiger partial charge in [-0.25, -0.2) is 4.68 Å². The third-order valence-electron chi connectivity index (χ3n) is 5.54. The summed E-state index contributed by atoms with van der Waals surface area (Å²) >= 11 is 0. The molecule has 0 fully saturated rings. The van der Waals surface area contributed by atoms with Gasteiger partial charge in [0.2, 0.25) is 0 Å². The van der Waals surface area contributed by atoms with Crippen molar-refractivity contribution in [2.75, 3.05) is 5.01 Å². The third kappa shape index (κ3) is 8.23. The van der Waals surface area contributed by atoms with Gasteiger partial charge in [-0.3, -0.25) is 23.8 Å². The fourth-order valence-electron chi connectivity index (χ4n) is 3.63. The first-order valence-electron chi connectivity index (χ1n) is 10.9. The Bertz CT molecular complexity index is 1980. The van der Waals surface area contributed by atoms with Crippen molar-refractivity contribution in [3.63, 3.8) is 0 Å². The molecule has 2 aromatic carbocycles. The second-order valence-electron chi connectivity index (χ2n) is 8.14. The van der Waals surface area contributed by atoms with Crippen LogP contribution in [0.1, 0.15) is 11.3 Å². The molecule has 0 atom stereocenters. The van der Waals surface area contributed by atoms with Gasteiger partial charge in [0.1, 0.15) is 5.71 Å². The van der Waals surface area contributed by atoms with Crippen molar-refractivity contribution in [3.05, 3.63) is 87.9 Å². The van der Waals surface area contributed by atoms with Crippen molar-refractivity contribution < 1.29 is 144 Å². The summed E-state index contributed by atoms with van der Waals surface area (Å²) in [6.45, 7) is 0. The van der Waals surface area contributed by atoms with Gasteiger partial charge in [-0.1, -0.05) is 6.08 Å². The zero-order valence-electron chi connectivity index (χ0n) is 22.2. The molecule has 0 spiro atoms. The molecule has 4 rings (SSSR count). The van der Waals surface area contributed by atoms with E-state index in [1.54, 1.807) is 0 Å². The summed E-state index contributed by atoms with van der Waals surface area (Å²) in [4.78, 5) is 25.0. The second-order valence-corrected chi connectivity index (χ2v) is 11.0. The van der Waals surface area contributed by atoms with Crippen LogP contribution in [0.5, 0.6) is 0 Å². The number of aromatic nitrogens is 2. The van der Waals surface area contributed by atoms with Gasteiger partial charge in [0.05, 0.1) is 38.0 Å². The van der Waals surface area contributed by atoms with E-state index in [2.05, 4.69) is 10.2 Å². The second kappa shape index (κ2) is 14.5. The number of aromatic amines is 1. The third-order valence-corrected chi connectivity index (χ3v) is 7.28. The number of rotatable bonds is 8. The summed E-state index contributed by atoms with van der Waals surface area (Å²) in [5, 5.41) is 45.5. The van der Waals surface area contributed by atoms with Gasteiger partial charge in [-0.2, -0.15) is 26.9 Å². The molecule has 16 nitrogen and oxygen atoms in total. The number of nitrogens with zero attached hydrogens (tertiary/aromatic N) is 3. The van der Waals surface area contributed by atoms with Crippen molar-refractivity contribution in [1.29, 1.82) is 10.8 Å². The summed E-state index contributed by atoms with van der Waals surface area (Å²) in [6, 6.07) is 8.57. The first kappa shape index (κ1) is 37.3. The number of hydrogen-bond acceptors (Lipinski definition) is 11. The predicted molar refractivity (Wildman–Crippen MR) is 139 cm³/mol. The van der Waals surface area contributed by atoms with Gasteiger partial charge in [0, 0.05) is 11.8 Å². The van der Waals surface area contributed by atoms with E-state index in [0.717, 1.165) is 71.4 Å². The molecule has 1 aromatic heterocycles. The van der Waals surface area contributed by atoms with E-state index in [1.165, 1.54) is 0 Å². The van der Waals surface area contributed by atoms with Crippen LogP contribution in [0.2, 0.25) is 0 Å². The molecule has 0 bridgehead atoms. The summed E-state index contributed by atoms with van der Waals surface area (Å²) in [5.74, 6) is -3.52. The number of carbonyl (C=O) groups excluding carboxylic acids is 1. The molecule has 3 aromatic rings. The molecule has 1 aliphatic rings. The van der Waals surface area contributed by atoms with Crippen LogP contribution < -0.4 is 124 Å². The van der Waals surface area contributed by atoms with Crippen LogP contribution in [-0.4, -0.2) is 59.1 Å². The summed E-state index contributed by atoms with van der Waals surface area (Å²) in [7, 11) is -9.02. The maximum atomic E-state index is 13.0. The molecule has 5 N–H and O–H groups in total. The van der Waals surface area contributed by atoms with Crippen LogP contribution in [0, 0.1) is 10.8 Å². The molecule has 0 aliphatic carbocycles. The van der Waals surface area contributed by atoms with E-state index in [-0.39, 0.29) is 125 Å². The Kier molecular flexibility index (Phi) is 12.5. The monoisotopic (exact) mass is 678 g/mol. The van der Waals surface area contributed by atoms with Gasteiger partial charge in [0.25, 0.3) is 31.7 Å². The number of hydrogen-bond donors (Lipinski definition) is 5. The largest absolute Gasteiger partial charge is 1.00 e. The number of anilines is 1. The Morgan fingerprint density at radius 3 is 1.77 bits per heavy atom. The molecule has 43 heavy (non-hydrogen) atoms. The van der Waals surface area contributed by atoms with Crippen LogP contribution >= 0.6 is 0 Å². The van der Waals surface area contributed by atoms with E-state index < -0.39 is 64.7 Å². The van der Waals surface area contributed by atoms with Crippen molar-refractivity contribution in [3.8, 4) is 5.69 Å². The minimum absolute atomic E-state index is 0. The predicted octanol–water partition coefficient (Wildman–Crippen LogP) is -6.97. The Balaban J connectivity index is 0.00000323. The van der Waals surface area contributed by atoms with Gasteiger partial charge in [0.15, 0.2) is 0 Å². The maximum absolute atomic E-state index is 13.0. The van der Waals surface area contributed by atoms with Crippen molar-refractivity contribution in [2.45, 2.75) is 9.79 Å². The smallest absolute Gasteiger partial charge is 0.858 e. The number of allylic oxidation sites excluding steroid dienone is 2. The van der Waals surface area contributed by atoms with E-state index in [9.17, 15) is 36.6 Å².